The average molecular weight is 429 g/mol. The largest absolute Gasteiger partial charge is 0.449 e. The predicted molar refractivity (Wildman–Crippen MR) is 112 cm³/mol. The molecule has 0 unspecified atom stereocenters. The molecule has 0 saturated carbocycles. The Morgan fingerprint density at radius 3 is 2.63 bits per heavy atom. The van der Waals surface area contributed by atoms with Gasteiger partial charge in [0, 0.05) is 30.1 Å². The maximum absolute atomic E-state index is 13.9. The first-order valence-corrected chi connectivity index (χ1v) is 9.74. The van der Waals surface area contributed by atoms with Crippen LogP contribution in [0.1, 0.15) is 16.1 Å². The first-order valence-electron chi connectivity index (χ1n) is 9.36. The van der Waals surface area contributed by atoms with Gasteiger partial charge in [-0.15, -0.1) is 0 Å². The van der Waals surface area contributed by atoms with E-state index in [0.29, 0.717) is 37.3 Å². The molecule has 8 heteroatoms. The van der Waals surface area contributed by atoms with Crippen LogP contribution in [-0.4, -0.2) is 43.0 Å². The Labute approximate surface area is 176 Å². The molecule has 1 aliphatic rings. The first-order chi connectivity index (χ1) is 14.5. The van der Waals surface area contributed by atoms with E-state index in [1.165, 1.54) is 24.3 Å². The molecule has 4 rings (SSSR count). The van der Waals surface area contributed by atoms with Crippen LogP contribution in [0, 0.1) is 5.82 Å². The smallest absolute Gasteiger partial charge is 0.291 e. The summed E-state index contributed by atoms with van der Waals surface area (Å²) in [6.45, 7) is 1.77. The fourth-order valence-corrected chi connectivity index (χ4v) is 3.45. The Morgan fingerprint density at radius 1 is 1.10 bits per heavy atom. The van der Waals surface area contributed by atoms with E-state index in [4.69, 9.17) is 20.8 Å². The number of para-hydroxylation sites is 1. The lowest BCUT2D eigenvalue weighted by Gasteiger charge is -2.26. The summed E-state index contributed by atoms with van der Waals surface area (Å²) < 4.78 is 25.0. The highest BCUT2D eigenvalue weighted by Gasteiger charge is 2.27. The Morgan fingerprint density at radius 2 is 1.87 bits per heavy atom. The molecule has 1 fully saturated rings. The number of anilines is 1. The molecule has 0 atom stereocenters. The van der Waals surface area contributed by atoms with Crippen molar-refractivity contribution in [3.8, 4) is 0 Å². The second kappa shape index (κ2) is 8.69. The maximum atomic E-state index is 13.9. The minimum absolute atomic E-state index is 0.0452. The lowest BCUT2D eigenvalue weighted by molar-refractivity contribution is -0.111. The van der Waals surface area contributed by atoms with Gasteiger partial charge in [-0.05, 0) is 30.3 Å². The molecule has 6 nitrogen and oxygen atoms in total. The van der Waals surface area contributed by atoms with Crippen LogP contribution in [-0.2, 0) is 9.53 Å². The number of hydrogen-bond donors (Lipinski definition) is 1. The van der Waals surface area contributed by atoms with Crippen LogP contribution < -0.4 is 5.32 Å². The highest BCUT2D eigenvalue weighted by molar-refractivity contribution is 6.32. The molecule has 2 amide bonds. The summed E-state index contributed by atoms with van der Waals surface area (Å²) >= 11 is 5.99. The van der Waals surface area contributed by atoms with Crippen LogP contribution >= 0.6 is 11.6 Å². The van der Waals surface area contributed by atoms with Gasteiger partial charge in [-0.1, -0.05) is 29.8 Å². The molecule has 3 aromatic rings. The van der Waals surface area contributed by atoms with Gasteiger partial charge in [0.2, 0.25) is 11.7 Å². The van der Waals surface area contributed by atoms with Crippen LogP contribution in [0.25, 0.3) is 17.0 Å². The molecular weight excluding hydrogens is 411 g/mol. The van der Waals surface area contributed by atoms with Crippen molar-refractivity contribution in [3.05, 3.63) is 70.7 Å². The number of carbonyl (C=O) groups excluding carboxylic acids is 2. The highest BCUT2D eigenvalue weighted by atomic mass is 35.5. The van der Waals surface area contributed by atoms with Gasteiger partial charge in [0.05, 0.1) is 18.2 Å². The van der Waals surface area contributed by atoms with E-state index in [1.54, 1.807) is 29.2 Å². The summed E-state index contributed by atoms with van der Waals surface area (Å²) in [7, 11) is 0. The van der Waals surface area contributed by atoms with Crippen molar-refractivity contribution in [2.75, 3.05) is 31.6 Å². The fraction of sp³-hybridized carbons (Fsp3) is 0.182. The number of morpholine rings is 1. The summed E-state index contributed by atoms with van der Waals surface area (Å²) in [5, 5.41) is 3.49. The van der Waals surface area contributed by atoms with Crippen LogP contribution in [0.5, 0.6) is 0 Å². The molecule has 0 aliphatic carbocycles. The number of amides is 2. The van der Waals surface area contributed by atoms with Gasteiger partial charge in [0.25, 0.3) is 5.91 Å². The maximum Gasteiger partial charge on any atom is 0.291 e. The zero-order chi connectivity index (χ0) is 21.1. The van der Waals surface area contributed by atoms with E-state index >= 15 is 0 Å². The number of nitrogens with one attached hydrogen (secondary N) is 1. The summed E-state index contributed by atoms with van der Waals surface area (Å²) in [6.07, 6.45) is 2.45. The molecule has 1 N–H and O–H groups in total. The number of halogens is 2. The van der Waals surface area contributed by atoms with Gasteiger partial charge in [0.1, 0.15) is 17.1 Å². The summed E-state index contributed by atoms with van der Waals surface area (Å²) in [4.78, 5) is 27.1. The van der Waals surface area contributed by atoms with E-state index in [9.17, 15) is 14.0 Å². The number of ether oxygens (including phenoxy) is 1. The lowest BCUT2D eigenvalue weighted by Crippen LogP contribution is -2.40. The Kier molecular flexibility index (Phi) is 5.83. The second-order valence-corrected chi connectivity index (χ2v) is 7.07. The Hall–Kier alpha value is -3.16. The monoisotopic (exact) mass is 428 g/mol. The number of carbonyl (C=O) groups is 2. The molecule has 2 heterocycles. The minimum Gasteiger partial charge on any atom is -0.449 e. The molecule has 0 spiro atoms. The topological polar surface area (TPSA) is 71.8 Å². The fourth-order valence-electron chi connectivity index (χ4n) is 3.22. The van der Waals surface area contributed by atoms with E-state index < -0.39 is 11.7 Å². The molecule has 0 radical (unpaired) electrons. The molecular formula is C22H18ClFN2O4. The van der Waals surface area contributed by atoms with Crippen LogP contribution in [0.4, 0.5) is 10.1 Å². The van der Waals surface area contributed by atoms with Crippen molar-refractivity contribution in [1.29, 1.82) is 0 Å². The third-order valence-corrected chi connectivity index (χ3v) is 5.07. The van der Waals surface area contributed by atoms with Crippen molar-refractivity contribution in [2.45, 2.75) is 0 Å². The summed E-state index contributed by atoms with van der Waals surface area (Å²) in [6, 6.07) is 11.3. The molecule has 1 saturated heterocycles. The van der Waals surface area contributed by atoms with E-state index in [0.717, 1.165) is 6.08 Å². The zero-order valence-corrected chi connectivity index (χ0v) is 16.6. The standard InChI is InChI=1S/C22H18ClFN2O4/c23-16-5-3-6-17(24)14(16)8-9-19(27)25-20-15-4-1-2-7-18(15)30-21(20)22(28)26-10-12-29-13-11-26/h1-9H,10-13H2,(H,25,27)/b9-8+. The first kappa shape index (κ1) is 20.1. The second-order valence-electron chi connectivity index (χ2n) is 6.66. The Balaban J connectivity index is 1.63. The number of rotatable bonds is 4. The van der Waals surface area contributed by atoms with Gasteiger partial charge in [-0.25, -0.2) is 4.39 Å². The van der Waals surface area contributed by atoms with Gasteiger partial charge in [0.15, 0.2) is 0 Å². The van der Waals surface area contributed by atoms with Gasteiger partial charge >= 0.3 is 0 Å². The van der Waals surface area contributed by atoms with Gasteiger partial charge in [-0.3, -0.25) is 9.59 Å². The van der Waals surface area contributed by atoms with Gasteiger partial charge < -0.3 is 19.4 Å². The number of furan rings is 1. The van der Waals surface area contributed by atoms with Gasteiger partial charge in [-0.2, -0.15) is 0 Å². The summed E-state index contributed by atoms with van der Waals surface area (Å²) in [5.74, 6) is -1.37. The third kappa shape index (κ3) is 4.08. The summed E-state index contributed by atoms with van der Waals surface area (Å²) in [5.41, 5.74) is 0.859. The number of hydrogen-bond acceptors (Lipinski definition) is 4. The van der Waals surface area contributed by atoms with Crippen LogP contribution in [0.3, 0.4) is 0 Å². The van der Waals surface area contributed by atoms with E-state index in [1.807, 2.05) is 0 Å². The molecule has 30 heavy (non-hydrogen) atoms. The quantitative estimate of drug-likeness (QED) is 0.627. The molecule has 154 valence electrons. The number of fused-ring (bicyclic) bond motifs is 1. The van der Waals surface area contributed by atoms with Crippen molar-refractivity contribution in [2.24, 2.45) is 0 Å². The highest BCUT2D eigenvalue weighted by Crippen LogP contribution is 2.32. The van der Waals surface area contributed by atoms with Crippen molar-refractivity contribution in [3.63, 3.8) is 0 Å². The van der Waals surface area contributed by atoms with Crippen molar-refractivity contribution in [1.82, 2.24) is 4.90 Å². The van der Waals surface area contributed by atoms with E-state index in [-0.39, 0.29) is 27.9 Å². The molecule has 0 bridgehead atoms. The Bertz CT molecular complexity index is 1120. The minimum atomic E-state index is -0.545. The number of nitrogens with zero attached hydrogens (tertiary/aromatic N) is 1. The molecule has 1 aliphatic heterocycles. The molecule has 2 aromatic carbocycles. The van der Waals surface area contributed by atoms with Crippen LogP contribution in [0.2, 0.25) is 5.02 Å². The van der Waals surface area contributed by atoms with E-state index in [2.05, 4.69) is 5.32 Å². The van der Waals surface area contributed by atoms with Crippen molar-refractivity contribution >= 4 is 46.1 Å². The van der Waals surface area contributed by atoms with Crippen molar-refractivity contribution < 1.29 is 23.1 Å². The lowest BCUT2D eigenvalue weighted by atomic mass is 10.2. The number of benzene rings is 2. The zero-order valence-electron chi connectivity index (χ0n) is 15.9. The third-order valence-electron chi connectivity index (χ3n) is 4.74. The average Bonchev–Trinajstić information content (AvgIpc) is 3.12. The van der Waals surface area contributed by atoms with Crippen LogP contribution in [0.15, 0.2) is 53.0 Å². The molecule has 1 aromatic heterocycles. The normalized spacial score (nSPS) is 14.4. The predicted octanol–water partition coefficient (Wildman–Crippen LogP) is 4.35. The SMILES string of the molecule is O=C(/C=C/c1c(F)cccc1Cl)Nc1c(C(=O)N2CCOCC2)oc2ccccc12.